The number of carbonyl (C=O) groups excluding carboxylic acids is 1. The second kappa shape index (κ2) is 6.76. The van der Waals surface area contributed by atoms with Crippen molar-refractivity contribution in [3.05, 3.63) is 0 Å². The zero-order valence-corrected chi connectivity index (χ0v) is 9.32. The molecule has 88 valence electrons. The van der Waals surface area contributed by atoms with Crippen molar-refractivity contribution >= 4 is 5.91 Å². The Morgan fingerprint density at radius 3 is 2.53 bits per heavy atom. The van der Waals surface area contributed by atoms with Crippen LogP contribution in [-0.2, 0) is 19.0 Å². The van der Waals surface area contributed by atoms with Crippen molar-refractivity contribution in [1.82, 2.24) is 5.32 Å². The molecule has 0 aromatic heterocycles. The van der Waals surface area contributed by atoms with Crippen LogP contribution in [0.5, 0.6) is 0 Å². The zero-order chi connectivity index (χ0) is 11.1. The molecule has 15 heavy (non-hydrogen) atoms. The molecule has 0 unspecified atom stereocenters. The van der Waals surface area contributed by atoms with Crippen LogP contribution in [-0.4, -0.2) is 46.2 Å². The van der Waals surface area contributed by atoms with Gasteiger partial charge in [0.05, 0.1) is 6.54 Å². The minimum Gasteiger partial charge on any atom is -0.381 e. The van der Waals surface area contributed by atoms with Gasteiger partial charge >= 0.3 is 0 Å². The number of nitrogens with one attached hydrogen (secondary N) is 1. The predicted molar refractivity (Wildman–Crippen MR) is 54.4 cm³/mol. The number of hydrogen-bond donors (Lipinski definition) is 1. The summed E-state index contributed by atoms with van der Waals surface area (Å²) in [7, 11) is 3.10. The molecule has 1 saturated heterocycles. The standard InChI is InChI=1S/C10H19NO4/c1-13-9(14-2)7-11-10(12)8-3-5-15-6-4-8/h8-9H,3-7H2,1-2H3,(H,11,12). The van der Waals surface area contributed by atoms with Gasteiger partial charge in [-0.1, -0.05) is 0 Å². The van der Waals surface area contributed by atoms with E-state index in [-0.39, 0.29) is 18.1 Å². The Hall–Kier alpha value is -0.650. The first kappa shape index (κ1) is 12.4. The first-order valence-corrected chi connectivity index (χ1v) is 5.19. The van der Waals surface area contributed by atoms with Crippen molar-refractivity contribution in [1.29, 1.82) is 0 Å². The zero-order valence-electron chi connectivity index (χ0n) is 9.32. The summed E-state index contributed by atoms with van der Waals surface area (Å²) in [5.74, 6) is 0.144. The summed E-state index contributed by atoms with van der Waals surface area (Å²) in [5, 5.41) is 2.81. The van der Waals surface area contributed by atoms with E-state index in [0.717, 1.165) is 12.8 Å². The summed E-state index contributed by atoms with van der Waals surface area (Å²) in [5.41, 5.74) is 0. The van der Waals surface area contributed by atoms with E-state index in [4.69, 9.17) is 14.2 Å². The number of amides is 1. The van der Waals surface area contributed by atoms with E-state index in [1.54, 1.807) is 14.2 Å². The lowest BCUT2D eigenvalue weighted by Crippen LogP contribution is -2.39. The molecular formula is C10H19NO4. The van der Waals surface area contributed by atoms with Crippen molar-refractivity contribution in [3.8, 4) is 0 Å². The Morgan fingerprint density at radius 2 is 2.00 bits per heavy atom. The van der Waals surface area contributed by atoms with Crippen molar-refractivity contribution in [2.75, 3.05) is 34.0 Å². The van der Waals surface area contributed by atoms with E-state index in [0.29, 0.717) is 19.8 Å². The second-order valence-electron chi connectivity index (χ2n) is 3.53. The van der Waals surface area contributed by atoms with Gasteiger partial charge in [0.25, 0.3) is 0 Å². The normalized spacial score (nSPS) is 18.1. The fourth-order valence-corrected chi connectivity index (χ4v) is 1.55. The Kier molecular flexibility index (Phi) is 5.60. The fourth-order valence-electron chi connectivity index (χ4n) is 1.55. The molecule has 1 fully saturated rings. The monoisotopic (exact) mass is 217 g/mol. The molecule has 0 spiro atoms. The van der Waals surface area contributed by atoms with Gasteiger partial charge in [-0.3, -0.25) is 4.79 Å². The summed E-state index contributed by atoms with van der Waals surface area (Å²) in [6.07, 6.45) is 1.24. The maximum Gasteiger partial charge on any atom is 0.223 e. The largest absolute Gasteiger partial charge is 0.381 e. The van der Waals surface area contributed by atoms with Crippen LogP contribution in [0.4, 0.5) is 0 Å². The van der Waals surface area contributed by atoms with Crippen LogP contribution < -0.4 is 5.32 Å². The van der Waals surface area contributed by atoms with Crippen molar-refractivity contribution < 1.29 is 19.0 Å². The summed E-state index contributed by atoms with van der Waals surface area (Å²) >= 11 is 0. The lowest BCUT2D eigenvalue weighted by Gasteiger charge is -2.22. The molecule has 0 saturated carbocycles. The molecule has 1 aliphatic heterocycles. The van der Waals surface area contributed by atoms with Crippen LogP contribution in [0.1, 0.15) is 12.8 Å². The quantitative estimate of drug-likeness (QED) is 0.666. The number of hydrogen-bond acceptors (Lipinski definition) is 4. The minimum absolute atomic E-state index is 0.0670. The Morgan fingerprint density at radius 1 is 1.40 bits per heavy atom. The van der Waals surface area contributed by atoms with E-state index in [1.807, 2.05) is 0 Å². The molecule has 0 aromatic rings. The highest BCUT2D eigenvalue weighted by atomic mass is 16.7. The lowest BCUT2D eigenvalue weighted by molar-refractivity contribution is -0.133. The SMILES string of the molecule is COC(CNC(=O)C1CCOCC1)OC. The molecule has 0 aliphatic carbocycles. The van der Waals surface area contributed by atoms with Gasteiger partial charge in [0, 0.05) is 33.4 Å². The molecule has 0 radical (unpaired) electrons. The van der Waals surface area contributed by atoms with Crippen LogP contribution in [0.2, 0.25) is 0 Å². The molecule has 0 atom stereocenters. The molecule has 1 amide bonds. The molecule has 0 bridgehead atoms. The van der Waals surface area contributed by atoms with Gasteiger partial charge in [-0.15, -0.1) is 0 Å². The highest BCUT2D eigenvalue weighted by Gasteiger charge is 2.21. The average Bonchev–Trinajstić information content (AvgIpc) is 2.31. The van der Waals surface area contributed by atoms with Crippen LogP contribution in [0, 0.1) is 5.92 Å². The molecule has 5 heteroatoms. The fraction of sp³-hybridized carbons (Fsp3) is 0.900. The van der Waals surface area contributed by atoms with E-state index in [2.05, 4.69) is 5.32 Å². The summed E-state index contributed by atoms with van der Waals surface area (Å²) in [6, 6.07) is 0. The van der Waals surface area contributed by atoms with Crippen LogP contribution in [0.15, 0.2) is 0 Å². The molecule has 1 heterocycles. The number of ether oxygens (including phenoxy) is 3. The van der Waals surface area contributed by atoms with Crippen molar-refractivity contribution in [3.63, 3.8) is 0 Å². The summed E-state index contributed by atoms with van der Waals surface area (Å²) < 4.78 is 15.1. The molecular weight excluding hydrogens is 198 g/mol. The predicted octanol–water partition coefficient (Wildman–Crippen LogP) is 0.148. The van der Waals surface area contributed by atoms with Crippen molar-refractivity contribution in [2.24, 2.45) is 5.92 Å². The van der Waals surface area contributed by atoms with Crippen LogP contribution in [0.3, 0.4) is 0 Å². The molecule has 1 N–H and O–H groups in total. The molecule has 5 nitrogen and oxygen atoms in total. The number of rotatable bonds is 5. The van der Waals surface area contributed by atoms with E-state index >= 15 is 0 Å². The number of carbonyl (C=O) groups is 1. The highest BCUT2D eigenvalue weighted by Crippen LogP contribution is 2.14. The van der Waals surface area contributed by atoms with Crippen LogP contribution in [0.25, 0.3) is 0 Å². The molecule has 1 rings (SSSR count). The first-order valence-electron chi connectivity index (χ1n) is 5.19. The van der Waals surface area contributed by atoms with Gasteiger partial charge in [-0.2, -0.15) is 0 Å². The van der Waals surface area contributed by atoms with Gasteiger partial charge in [0.2, 0.25) is 5.91 Å². The van der Waals surface area contributed by atoms with Crippen LogP contribution >= 0.6 is 0 Å². The van der Waals surface area contributed by atoms with Crippen molar-refractivity contribution in [2.45, 2.75) is 19.1 Å². The molecule has 0 aromatic carbocycles. The maximum absolute atomic E-state index is 11.7. The third-order valence-electron chi connectivity index (χ3n) is 2.56. The van der Waals surface area contributed by atoms with E-state index in [9.17, 15) is 4.79 Å². The molecule has 1 aliphatic rings. The third-order valence-corrected chi connectivity index (χ3v) is 2.56. The van der Waals surface area contributed by atoms with Gasteiger partial charge in [0.1, 0.15) is 0 Å². The highest BCUT2D eigenvalue weighted by molar-refractivity contribution is 5.78. The lowest BCUT2D eigenvalue weighted by atomic mass is 9.99. The summed E-state index contributed by atoms with van der Waals surface area (Å²) in [6.45, 7) is 1.75. The van der Waals surface area contributed by atoms with Gasteiger partial charge < -0.3 is 19.5 Å². The smallest absolute Gasteiger partial charge is 0.223 e. The Bertz CT molecular complexity index is 188. The Balaban J connectivity index is 2.22. The Labute approximate surface area is 90.1 Å². The van der Waals surface area contributed by atoms with E-state index < -0.39 is 0 Å². The van der Waals surface area contributed by atoms with Gasteiger partial charge in [-0.25, -0.2) is 0 Å². The third kappa shape index (κ3) is 4.15. The first-order chi connectivity index (χ1) is 7.27. The van der Waals surface area contributed by atoms with E-state index in [1.165, 1.54) is 0 Å². The average molecular weight is 217 g/mol. The second-order valence-corrected chi connectivity index (χ2v) is 3.53. The maximum atomic E-state index is 11.7. The van der Waals surface area contributed by atoms with Gasteiger partial charge in [0.15, 0.2) is 6.29 Å². The minimum atomic E-state index is -0.367. The van der Waals surface area contributed by atoms with Gasteiger partial charge in [-0.05, 0) is 12.8 Å². The summed E-state index contributed by atoms with van der Waals surface area (Å²) in [4.78, 5) is 11.7. The topological polar surface area (TPSA) is 56.8 Å². The number of methoxy groups -OCH3 is 2.